The van der Waals surface area contributed by atoms with Crippen molar-refractivity contribution in [1.29, 1.82) is 0 Å². The fourth-order valence-electron chi connectivity index (χ4n) is 4.26. The second-order valence-corrected chi connectivity index (χ2v) is 7.15. The fraction of sp³-hybridized carbons (Fsp3) is 0.474. The van der Waals surface area contributed by atoms with Crippen LogP contribution in [0.15, 0.2) is 24.3 Å². The molecule has 2 aliphatic carbocycles. The maximum Gasteiger partial charge on any atom is 0.275 e. The van der Waals surface area contributed by atoms with Gasteiger partial charge in [0.1, 0.15) is 0 Å². The first kappa shape index (κ1) is 14.2. The van der Waals surface area contributed by atoms with Gasteiger partial charge in [-0.3, -0.25) is 9.89 Å². The van der Waals surface area contributed by atoms with E-state index in [1.165, 1.54) is 11.1 Å². The van der Waals surface area contributed by atoms with Crippen molar-refractivity contribution in [1.82, 2.24) is 20.4 Å². The third-order valence-electron chi connectivity index (χ3n) is 5.62. The Labute approximate surface area is 141 Å². The number of rotatable bonds is 3. The van der Waals surface area contributed by atoms with Gasteiger partial charge in [0.05, 0.1) is 6.04 Å². The zero-order chi connectivity index (χ0) is 16.1. The SMILES string of the molecule is O=C(c1n[nH]c2c1CNCC2)N(C1CC1)C1CCc2ccccc21. The van der Waals surface area contributed by atoms with Gasteiger partial charge < -0.3 is 10.2 Å². The van der Waals surface area contributed by atoms with E-state index < -0.39 is 0 Å². The summed E-state index contributed by atoms with van der Waals surface area (Å²) in [5.74, 6) is 0.111. The van der Waals surface area contributed by atoms with E-state index in [2.05, 4.69) is 44.7 Å². The number of aromatic amines is 1. The predicted molar refractivity (Wildman–Crippen MR) is 90.7 cm³/mol. The Hall–Kier alpha value is -2.14. The lowest BCUT2D eigenvalue weighted by molar-refractivity contribution is 0.0650. The minimum Gasteiger partial charge on any atom is -0.327 e. The van der Waals surface area contributed by atoms with E-state index in [9.17, 15) is 4.79 Å². The summed E-state index contributed by atoms with van der Waals surface area (Å²) in [4.78, 5) is 15.5. The molecule has 1 saturated carbocycles. The summed E-state index contributed by atoms with van der Waals surface area (Å²) >= 11 is 0. The number of aromatic nitrogens is 2. The molecule has 1 atom stereocenters. The van der Waals surface area contributed by atoms with Crippen molar-refractivity contribution < 1.29 is 4.79 Å². The van der Waals surface area contributed by atoms with Crippen LogP contribution >= 0.6 is 0 Å². The first-order valence-corrected chi connectivity index (χ1v) is 9.00. The molecule has 1 aliphatic heterocycles. The van der Waals surface area contributed by atoms with Crippen LogP contribution in [0.3, 0.4) is 0 Å². The third-order valence-corrected chi connectivity index (χ3v) is 5.62. The summed E-state index contributed by atoms with van der Waals surface area (Å²) in [7, 11) is 0. The minimum absolute atomic E-state index is 0.111. The van der Waals surface area contributed by atoms with Crippen molar-refractivity contribution in [2.45, 2.75) is 50.7 Å². The summed E-state index contributed by atoms with van der Waals surface area (Å²) < 4.78 is 0. The number of benzene rings is 1. The molecule has 3 aliphatic rings. The first-order valence-electron chi connectivity index (χ1n) is 9.00. The zero-order valence-electron chi connectivity index (χ0n) is 13.7. The van der Waals surface area contributed by atoms with Gasteiger partial charge in [0.2, 0.25) is 0 Å². The number of hydrogen-bond donors (Lipinski definition) is 2. The molecule has 1 aromatic heterocycles. The van der Waals surface area contributed by atoms with Gasteiger partial charge in [-0.1, -0.05) is 24.3 Å². The molecule has 1 aromatic carbocycles. The summed E-state index contributed by atoms with van der Waals surface area (Å²) in [6, 6.07) is 9.18. The molecule has 2 heterocycles. The normalized spacial score (nSPS) is 22.1. The molecular formula is C19H22N4O. The van der Waals surface area contributed by atoms with E-state index in [0.29, 0.717) is 11.7 Å². The monoisotopic (exact) mass is 322 g/mol. The molecule has 0 radical (unpaired) electrons. The number of fused-ring (bicyclic) bond motifs is 2. The van der Waals surface area contributed by atoms with Gasteiger partial charge >= 0.3 is 0 Å². The summed E-state index contributed by atoms with van der Waals surface area (Å²) in [6.07, 6.45) is 5.26. The number of H-pyrrole nitrogens is 1. The lowest BCUT2D eigenvalue weighted by atomic mass is 10.0. The molecule has 24 heavy (non-hydrogen) atoms. The zero-order valence-corrected chi connectivity index (χ0v) is 13.7. The smallest absolute Gasteiger partial charge is 0.275 e. The fourth-order valence-corrected chi connectivity index (χ4v) is 4.26. The van der Waals surface area contributed by atoms with Crippen LogP contribution in [0.25, 0.3) is 0 Å². The first-order chi connectivity index (χ1) is 11.8. The molecular weight excluding hydrogens is 300 g/mol. The highest BCUT2D eigenvalue weighted by Crippen LogP contribution is 2.42. The van der Waals surface area contributed by atoms with Crippen LogP contribution < -0.4 is 5.32 Å². The minimum atomic E-state index is 0.111. The van der Waals surface area contributed by atoms with E-state index in [-0.39, 0.29) is 11.9 Å². The lowest BCUT2D eigenvalue weighted by Gasteiger charge is -2.30. The molecule has 2 aromatic rings. The van der Waals surface area contributed by atoms with Crippen LogP contribution in [-0.2, 0) is 19.4 Å². The second-order valence-electron chi connectivity index (χ2n) is 7.15. The topological polar surface area (TPSA) is 61.0 Å². The van der Waals surface area contributed by atoms with E-state index >= 15 is 0 Å². The molecule has 0 spiro atoms. The van der Waals surface area contributed by atoms with E-state index in [1.54, 1.807) is 0 Å². The molecule has 124 valence electrons. The average molecular weight is 322 g/mol. The maximum absolute atomic E-state index is 13.4. The molecule has 0 bridgehead atoms. The summed E-state index contributed by atoms with van der Waals surface area (Å²) in [6.45, 7) is 1.69. The Morgan fingerprint density at radius 3 is 2.92 bits per heavy atom. The quantitative estimate of drug-likeness (QED) is 0.912. The number of aryl methyl sites for hydroxylation is 1. The van der Waals surface area contributed by atoms with Crippen LogP contribution in [-0.4, -0.2) is 33.6 Å². The van der Waals surface area contributed by atoms with Crippen LogP contribution in [0.2, 0.25) is 0 Å². The highest BCUT2D eigenvalue weighted by Gasteiger charge is 2.42. The van der Waals surface area contributed by atoms with Crippen LogP contribution in [0.1, 0.15) is 58.2 Å². The third kappa shape index (κ3) is 2.18. The van der Waals surface area contributed by atoms with Crippen molar-refractivity contribution in [2.24, 2.45) is 0 Å². The number of hydrogen-bond acceptors (Lipinski definition) is 3. The lowest BCUT2D eigenvalue weighted by Crippen LogP contribution is -2.37. The van der Waals surface area contributed by atoms with E-state index in [4.69, 9.17) is 0 Å². The van der Waals surface area contributed by atoms with Crippen molar-refractivity contribution >= 4 is 5.91 Å². The largest absolute Gasteiger partial charge is 0.327 e. The Morgan fingerprint density at radius 1 is 1.17 bits per heavy atom. The Bertz CT molecular complexity index is 792. The number of nitrogens with zero attached hydrogens (tertiary/aromatic N) is 2. The van der Waals surface area contributed by atoms with Gasteiger partial charge in [0.15, 0.2) is 5.69 Å². The van der Waals surface area contributed by atoms with Gasteiger partial charge in [-0.25, -0.2) is 0 Å². The Balaban J connectivity index is 1.51. The number of carbonyl (C=O) groups is 1. The van der Waals surface area contributed by atoms with Gasteiger partial charge in [-0.2, -0.15) is 5.10 Å². The van der Waals surface area contributed by atoms with Crippen LogP contribution in [0, 0.1) is 0 Å². The van der Waals surface area contributed by atoms with Crippen molar-refractivity contribution in [3.8, 4) is 0 Å². The molecule has 1 fully saturated rings. The average Bonchev–Trinajstić information content (AvgIpc) is 3.21. The summed E-state index contributed by atoms with van der Waals surface area (Å²) in [5, 5.41) is 10.9. The molecule has 1 unspecified atom stereocenters. The van der Waals surface area contributed by atoms with Crippen LogP contribution in [0.5, 0.6) is 0 Å². The predicted octanol–water partition coefficient (Wildman–Crippen LogP) is 2.35. The number of amides is 1. The van der Waals surface area contributed by atoms with Crippen molar-refractivity contribution in [3.05, 3.63) is 52.3 Å². The molecule has 5 rings (SSSR count). The molecule has 0 saturated heterocycles. The molecule has 2 N–H and O–H groups in total. The van der Waals surface area contributed by atoms with Gasteiger partial charge in [-0.05, 0) is 36.8 Å². The Morgan fingerprint density at radius 2 is 2.04 bits per heavy atom. The Kier molecular flexibility index (Phi) is 3.23. The molecule has 5 heteroatoms. The van der Waals surface area contributed by atoms with Gasteiger partial charge in [0, 0.05) is 36.8 Å². The van der Waals surface area contributed by atoms with Crippen LogP contribution in [0.4, 0.5) is 0 Å². The van der Waals surface area contributed by atoms with E-state index in [1.807, 2.05) is 0 Å². The highest BCUT2D eigenvalue weighted by molar-refractivity contribution is 5.95. The second kappa shape index (κ2) is 5.45. The number of nitrogens with one attached hydrogen (secondary N) is 2. The van der Waals surface area contributed by atoms with Gasteiger partial charge in [-0.15, -0.1) is 0 Å². The van der Waals surface area contributed by atoms with Gasteiger partial charge in [0.25, 0.3) is 5.91 Å². The maximum atomic E-state index is 13.4. The molecule has 1 amide bonds. The van der Waals surface area contributed by atoms with E-state index in [0.717, 1.165) is 56.5 Å². The standard InChI is InChI=1S/C19H22N4O/c24-19(18-15-11-20-10-9-16(15)21-22-18)23(13-6-7-13)17-8-5-12-3-1-2-4-14(12)17/h1-4,13,17,20H,5-11H2,(H,21,22). The van der Waals surface area contributed by atoms with Crippen molar-refractivity contribution in [2.75, 3.05) is 6.54 Å². The van der Waals surface area contributed by atoms with Crippen molar-refractivity contribution in [3.63, 3.8) is 0 Å². The number of carbonyl (C=O) groups excluding carboxylic acids is 1. The molecule has 5 nitrogen and oxygen atoms in total. The summed E-state index contributed by atoms with van der Waals surface area (Å²) in [5.41, 5.74) is 5.56. The highest BCUT2D eigenvalue weighted by atomic mass is 16.2.